The van der Waals surface area contributed by atoms with E-state index in [9.17, 15) is 10.1 Å². The molecule has 39 heteroatoms. The van der Waals surface area contributed by atoms with E-state index in [1.807, 2.05) is 54.6 Å². The molecule has 22 rings (SSSR count). The Labute approximate surface area is 801 Å². The van der Waals surface area contributed by atoms with Crippen LogP contribution in [-0.2, 0) is 85.4 Å². The van der Waals surface area contributed by atoms with Gasteiger partial charge in [0.15, 0.2) is 18.7 Å². The Kier molecular flexibility index (Phi) is 43.2. The number of aliphatic hydroxyl groups is 1. The maximum Gasteiger partial charge on any atom is 0.233 e. The van der Waals surface area contributed by atoms with Gasteiger partial charge < -0.3 is 109 Å². The highest BCUT2D eigenvalue weighted by Crippen LogP contribution is 2.51. The van der Waals surface area contributed by atoms with Crippen LogP contribution >= 0.6 is 0 Å². The van der Waals surface area contributed by atoms with E-state index in [0.29, 0.717) is 71.7 Å². The molecule has 18 aliphatic rings. The van der Waals surface area contributed by atoms with Crippen molar-refractivity contribution < 1.29 is 109 Å². The Bertz CT molecular complexity index is 3740. The van der Waals surface area contributed by atoms with Gasteiger partial charge in [-0.2, -0.15) is 5.48 Å². The van der Waals surface area contributed by atoms with E-state index in [1.54, 1.807) is 25.7 Å². The van der Waals surface area contributed by atoms with E-state index in [0.717, 1.165) is 242 Å². The fourth-order valence-corrected chi connectivity index (χ4v) is 17.7. The number of rotatable bonds is 18. The molecule has 4 aromatic rings. The second kappa shape index (κ2) is 52.8. The van der Waals surface area contributed by atoms with Crippen molar-refractivity contribution in [1.82, 2.24) is 65.9 Å². The van der Waals surface area contributed by atoms with Gasteiger partial charge >= 0.3 is 0 Å². The van der Waals surface area contributed by atoms with Crippen LogP contribution in [0.15, 0.2) is 98.8 Å². The van der Waals surface area contributed by atoms with Crippen LogP contribution < -0.4 is 31.6 Å². The molecule has 0 radical (unpaired) electrons. The molecule has 6 N–H and O–H groups in total. The normalized spacial score (nSPS) is 29.0. The van der Waals surface area contributed by atoms with Crippen LogP contribution in [0.1, 0.15) is 192 Å². The standard InChI is InChI=1S/C15H17NO4.C14H27N3O4.C11H22N2O2.C11H17NO2.C9H11NO.C7H13NO2.C6H11NO2.C5H9NO2.C5H11NO2.2C5H11NO.C3H7NO/c1-2-15-9-19-13(11-5-3-7-17-11)16(15)14(20-10-15)12-6-4-8-18-12;1-12(2)8-21-15-11(12)6-14(5,17(18)19)7-16-10-20-9-13(16,3)4;1-10(2)5-14-8-12(10)7-13-9-15-6-11(13,3)4;1-3-11(4-2)8-14-10(12-11)9-6-5-7-13-9;1-2-4-9(5-3-1)10-6-7-11-8-10;1-2-7-3-9-5-8(7)6-10-4-7;1-6-2-8-4-7(6)5-9-3-6;1-5-2-8-4-6(5)3-7-1;7-3-1-6-2-4-8-5-6;1-5(2)3-7-4-6-5;1-2-5-3-7-4-6-5;1-2-5-3-4-1/h3-8,13-14H,2,9-10H2,1H3;11,15H,6-10H2,1-5H3;5-9H2,1-4H3;5-7,10,12H,3-4,8H2,1-2H3;1-5H,6-8H2;2-6H2,1H3;2-5H2,1H3;5H,1-4H2;7H,1-5H2;6H,3-4H2,1-2H3;5-6H,2-4H2,1H3;4H,1-3H2. The molecule has 18 saturated heterocycles. The minimum Gasteiger partial charge on any atom is -0.465 e. The number of nitrogens with zero attached hydrogens (tertiary/aromatic N) is 10. The number of β-amino-alcohol motifs (C(OH)–C–C–N with tert-alkyl or cyclic N) is 1. The van der Waals surface area contributed by atoms with Crippen molar-refractivity contribution in [3.63, 3.8) is 0 Å². The second-order valence-electron chi connectivity index (χ2n) is 41.1. The number of hydroxylamine groups is 1. The Morgan fingerprint density at radius 3 is 1.46 bits per heavy atom. The Morgan fingerprint density at radius 2 is 1.07 bits per heavy atom. The van der Waals surface area contributed by atoms with Crippen LogP contribution in [0.25, 0.3) is 0 Å². The Hall–Kier alpha value is -5.02. The topological polar surface area (TPSA) is 358 Å². The molecule has 6 atom stereocenters. The number of fused-ring (bicyclic) bond motifs is 4. The molecule has 18 fully saturated rings. The van der Waals surface area contributed by atoms with E-state index in [1.165, 1.54) is 12.1 Å². The molecule has 0 aliphatic carbocycles. The number of furan rings is 3. The first-order chi connectivity index (χ1) is 64.8. The van der Waals surface area contributed by atoms with Gasteiger partial charge in [-0.25, -0.2) is 19.6 Å². The number of hydrogen-bond donors (Lipinski definition) is 6. The predicted octanol–water partition coefficient (Wildman–Crippen LogP) is 9.09. The van der Waals surface area contributed by atoms with Crippen molar-refractivity contribution in [2.24, 2.45) is 5.41 Å². The van der Waals surface area contributed by atoms with Gasteiger partial charge in [0.25, 0.3) is 0 Å². The van der Waals surface area contributed by atoms with Crippen molar-refractivity contribution in [2.75, 3.05) is 264 Å². The summed E-state index contributed by atoms with van der Waals surface area (Å²) in [6.07, 6.45) is 10.4. The summed E-state index contributed by atoms with van der Waals surface area (Å²) in [7, 11) is 0. The van der Waals surface area contributed by atoms with Gasteiger partial charge in [-0.1, -0.05) is 66.7 Å². The largest absolute Gasteiger partial charge is 0.465 e. The average Bonchev–Trinajstić information content (AvgIpc) is 1.57. The lowest BCUT2D eigenvalue weighted by Gasteiger charge is -2.37. The maximum atomic E-state index is 11.7. The lowest BCUT2D eigenvalue weighted by atomic mass is 9.79. The summed E-state index contributed by atoms with van der Waals surface area (Å²) in [4.78, 5) is 36.8. The molecule has 0 amide bonds. The first kappa shape index (κ1) is 110. The molecule has 18 aliphatic heterocycles. The van der Waals surface area contributed by atoms with E-state index < -0.39 is 5.54 Å². The van der Waals surface area contributed by atoms with Gasteiger partial charge in [0.1, 0.15) is 77.9 Å². The highest BCUT2D eigenvalue weighted by molar-refractivity contribution is 5.46. The Balaban J connectivity index is 0.000000145. The third kappa shape index (κ3) is 31.5. The molecular weight excluding hydrogens is 1750 g/mol. The van der Waals surface area contributed by atoms with Crippen LogP contribution in [0, 0.1) is 15.5 Å². The van der Waals surface area contributed by atoms with Crippen LogP contribution in [0.3, 0.4) is 0 Å². The summed E-state index contributed by atoms with van der Waals surface area (Å²) in [5.74, 6) is 2.48. The quantitative estimate of drug-likeness (QED) is 0.0399. The highest BCUT2D eigenvalue weighted by atomic mass is 16.7. The fraction of sp³-hybridized carbons (Fsp3) is 0.812. The molecule has 3 aromatic heterocycles. The molecule has 39 nitrogen and oxygen atoms in total. The molecule has 21 heterocycles. The number of nitrogens with one attached hydrogen (secondary N) is 5. The van der Waals surface area contributed by atoms with Crippen molar-refractivity contribution in [3.05, 3.63) is 113 Å². The molecule has 1 aromatic carbocycles. The molecule has 0 spiro atoms. The smallest absolute Gasteiger partial charge is 0.233 e. The highest BCUT2D eigenvalue weighted by Gasteiger charge is 2.58. The first-order valence-corrected chi connectivity index (χ1v) is 48.7. The first-order valence-electron chi connectivity index (χ1n) is 48.7. The third-order valence-corrected chi connectivity index (χ3v) is 28.1. The molecule has 0 bridgehead atoms. The van der Waals surface area contributed by atoms with Crippen LogP contribution in [0.4, 0.5) is 5.69 Å². The monoisotopic (exact) mass is 1910 g/mol. The van der Waals surface area contributed by atoms with Crippen molar-refractivity contribution in [3.8, 4) is 0 Å². The summed E-state index contributed by atoms with van der Waals surface area (Å²) < 4.78 is 107. The maximum absolute atomic E-state index is 11.7. The minimum absolute atomic E-state index is 0.0282. The molecular formula is C96H167N15O24. The zero-order chi connectivity index (χ0) is 96.7. The number of para-hydroxylation sites is 1. The van der Waals surface area contributed by atoms with Crippen LogP contribution in [0.5, 0.6) is 0 Å². The summed E-state index contributed by atoms with van der Waals surface area (Å²) in [6.45, 7) is 65.9. The number of ether oxygens (including phenoxy) is 17. The molecule has 0 saturated carbocycles. The second-order valence-corrected chi connectivity index (χ2v) is 41.1. The van der Waals surface area contributed by atoms with E-state index >= 15 is 0 Å². The van der Waals surface area contributed by atoms with Gasteiger partial charge in [0.05, 0.1) is 214 Å². The number of hydrogen-bond acceptors (Lipinski definition) is 38. The zero-order valence-electron chi connectivity index (χ0n) is 84.2. The Morgan fingerprint density at radius 1 is 0.504 bits per heavy atom. The van der Waals surface area contributed by atoms with Gasteiger partial charge in [-0.15, -0.1) is 0 Å². The van der Waals surface area contributed by atoms with E-state index in [4.69, 9.17) is 104 Å². The lowest BCUT2D eigenvalue weighted by molar-refractivity contribution is -0.568. The summed E-state index contributed by atoms with van der Waals surface area (Å²) >= 11 is 0. The summed E-state index contributed by atoms with van der Waals surface area (Å²) in [5.41, 5.74) is 3.90. The fourth-order valence-electron chi connectivity index (χ4n) is 17.7. The van der Waals surface area contributed by atoms with Crippen LogP contribution in [0.2, 0.25) is 0 Å². The summed E-state index contributed by atoms with van der Waals surface area (Å²) in [5, 5.41) is 33.0. The molecule has 135 heavy (non-hydrogen) atoms. The van der Waals surface area contributed by atoms with Crippen LogP contribution in [-0.4, -0.2) is 376 Å². The lowest BCUT2D eigenvalue weighted by Crippen LogP contribution is -2.55. The van der Waals surface area contributed by atoms with Gasteiger partial charge in [0, 0.05) is 95.3 Å². The van der Waals surface area contributed by atoms with Crippen molar-refractivity contribution in [2.45, 2.75) is 243 Å². The number of anilines is 1. The molecule has 770 valence electrons. The van der Waals surface area contributed by atoms with Gasteiger partial charge in [-0.3, -0.25) is 51.0 Å². The van der Waals surface area contributed by atoms with Crippen molar-refractivity contribution in [1.29, 1.82) is 0 Å². The number of benzene rings is 1. The summed E-state index contributed by atoms with van der Waals surface area (Å²) in [6, 6.07) is 23.0. The average molecular weight is 1920 g/mol. The number of aliphatic hydroxyl groups excluding tert-OH is 1. The zero-order valence-corrected chi connectivity index (χ0v) is 84.2. The predicted molar refractivity (Wildman–Crippen MR) is 505 cm³/mol. The van der Waals surface area contributed by atoms with Crippen molar-refractivity contribution >= 4 is 5.69 Å². The van der Waals surface area contributed by atoms with E-state index in [-0.39, 0.29) is 86.0 Å². The van der Waals surface area contributed by atoms with E-state index in [2.05, 4.69) is 194 Å². The van der Waals surface area contributed by atoms with Gasteiger partial charge in [-0.05, 0) is 143 Å². The molecule has 6 unspecified atom stereocenters. The number of nitro groups is 1. The SMILES string of the molecule is C1COCN1.C1OCN2COCC12.CC1(C)COCN1.CC1(C)COCN1CN1COCC1(C)C.CC1(C)CONC1CC(C)(CN1COCC1(C)C)[N+](=O)[O-].CC12COCN1COC2.CCC1(CC)COC(c2ccco2)N1.CCC12COC(c3ccco3)N1C(c1ccco1)OC2.CCC12COCN1COC2.CCC1COCN1.OCCN1CCOC1.c1ccc(N2CCOC2)cc1. The third-order valence-electron chi connectivity index (χ3n) is 28.1. The van der Waals surface area contributed by atoms with Gasteiger partial charge in [0.2, 0.25) is 5.54 Å². The minimum atomic E-state index is -1.03.